The molecule has 0 bridgehead atoms. The molecule has 0 spiro atoms. The summed E-state index contributed by atoms with van der Waals surface area (Å²) in [5.74, 6) is 1.40. The molecule has 1 N–H and O–H groups in total. The lowest BCUT2D eigenvalue weighted by Gasteiger charge is -2.09. The molecule has 0 amide bonds. The standard InChI is InChI=1S/C17H15N3O3/c1-11-3-2-4-13(7-11)20-17(14(9-21)18-19-20)12-5-6-15-16(8-12)23-10-22-15/h2-8,21H,9-10H2,1H3. The summed E-state index contributed by atoms with van der Waals surface area (Å²) in [5, 5.41) is 17.9. The summed E-state index contributed by atoms with van der Waals surface area (Å²) >= 11 is 0. The summed E-state index contributed by atoms with van der Waals surface area (Å²) in [4.78, 5) is 0. The Labute approximate surface area is 132 Å². The Hall–Kier alpha value is -2.86. The van der Waals surface area contributed by atoms with Crippen molar-refractivity contribution in [3.8, 4) is 28.4 Å². The van der Waals surface area contributed by atoms with Gasteiger partial charge in [-0.25, -0.2) is 4.68 Å². The first-order chi connectivity index (χ1) is 11.3. The largest absolute Gasteiger partial charge is 0.454 e. The average molecular weight is 309 g/mol. The number of aromatic nitrogens is 3. The van der Waals surface area contributed by atoms with Crippen molar-refractivity contribution < 1.29 is 14.6 Å². The molecule has 0 radical (unpaired) electrons. The van der Waals surface area contributed by atoms with Crippen LogP contribution in [0.25, 0.3) is 16.9 Å². The predicted molar refractivity (Wildman–Crippen MR) is 83.6 cm³/mol. The maximum absolute atomic E-state index is 9.62. The molecule has 0 saturated heterocycles. The molecule has 0 atom stereocenters. The van der Waals surface area contributed by atoms with E-state index in [2.05, 4.69) is 10.3 Å². The Bertz CT molecular complexity index is 873. The van der Waals surface area contributed by atoms with Crippen LogP contribution in [0.2, 0.25) is 0 Å². The summed E-state index contributed by atoms with van der Waals surface area (Å²) < 4.78 is 12.5. The minimum absolute atomic E-state index is 0.185. The molecule has 4 rings (SSSR count). The molecular weight excluding hydrogens is 294 g/mol. The molecule has 1 aliphatic rings. The second-order valence-electron chi connectivity index (χ2n) is 5.36. The molecule has 23 heavy (non-hydrogen) atoms. The number of aliphatic hydroxyl groups excluding tert-OH is 1. The van der Waals surface area contributed by atoms with Gasteiger partial charge < -0.3 is 14.6 Å². The Kier molecular flexibility index (Phi) is 3.24. The highest BCUT2D eigenvalue weighted by molar-refractivity contribution is 5.68. The molecule has 2 aromatic carbocycles. The minimum Gasteiger partial charge on any atom is -0.454 e. The van der Waals surface area contributed by atoms with Gasteiger partial charge in [-0.15, -0.1) is 5.10 Å². The van der Waals surface area contributed by atoms with Crippen molar-refractivity contribution in [1.82, 2.24) is 15.0 Å². The van der Waals surface area contributed by atoms with Gasteiger partial charge in [0.05, 0.1) is 12.3 Å². The lowest BCUT2D eigenvalue weighted by Crippen LogP contribution is -2.00. The van der Waals surface area contributed by atoms with E-state index in [0.29, 0.717) is 17.2 Å². The van der Waals surface area contributed by atoms with Crippen LogP contribution in [0, 0.1) is 6.92 Å². The summed E-state index contributed by atoms with van der Waals surface area (Å²) in [6, 6.07) is 13.6. The van der Waals surface area contributed by atoms with E-state index >= 15 is 0 Å². The van der Waals surface area contributed by atoms with Crippen LogP contribution in [0.15, 0.2) is 42.5 Å². The number of ether oxygens (including phenoxy) is 2. The molecular formula is C17H15N3O3. The first-order valence-electron chi connectivity index (χ1n) is 7.29. The highest BCUT2D eigenvalue weighted by Crippen LogP contribution is 2.37. The van der Waals surface area contributed by atoms with Crippen LogP contribution in [-0.2, 0) is 6.61 Å². The number of aryl methyl sites for hydroxylation is 1. The van der Waals surface area contributed by atoms with Gasteiger partial charge in [0, 0.05) is 5.56 Å². The van der Waals surface area contributed by atoms with Crippen LogP contribution >= 0.6 is 0 Å². The van der Waals surface area contributed by atoms with Crippen LogP contribution in [0.1, 0.15) is 11.3 Å². The summed E-state index contributed by atoms with van der Waals surface area (Å²) in [5.41, 5.74) is 4.15. The smallest absolute Gasteiger partial charge is 0.231 e. The predicted octanol–water partition coefficient (Wildman–Crippen LogP) is 2.46. The van der Waals surface area contributed by atoms with Gasteiger partial charge in [0.1, 0.15) is 11.4 Å². The number of fused-ring (bicyclic) bond motifs is 1. The zero-order chi connectivity index (χ0) is 15.8. The van der Waals surface area contributed by atoms with Gasteiger partial charge >= 0.3 is 0 Å². The van der Waals surface area contributed by atoms with Gasteiger partial charge in [-0.05, 0) is 42.8 Å². The second-order valence-corrected chi connectivity index (χ2v) is 5.36. The van der Waals surface area contributed by atoms with Gasteiger partial charge in [0.2, 0.25) is 6.79 Å². The van der Waals surface area contributed by atoms with E-state index in [0.717, 1.165) is 22.5 Å². The van der Waals surface area contributed by atoms with Crippen LogP contribution in [0.3, 0.4) is 0 Å². The molecule has 1 aromatic heterocycles. The number of rotatable bonds is 3. The zero-order valence-electron chi connectivity index (χ0n) is 12.6. The number of aliphatic hydroxyl groups is 1. The molecule has 6 nitrogen and oxygen atoms in total. The molecule has 0 fully saturated rings. The van der Waals surface area contributed by atoms with Gasteiger partial charge in [-0.1, -0.05) is 17.3 Å². The van der Waals surface area contributed by atoms with Crippen molar-refractivity contribution >= 4 is 0 Å². The molecule has 0 aliphatic carbocycles. The number of nitrogens with zero attached hydrogens (tertiary/aromatic N) is 3. The van der Waals surface area contributed by atoms with Crippen LogP contribution in [-0.4, -0.2) is 26.9 Å². The van der Waals surface area contributed by atoms with E-state index in [1.54, 1.807) is 4.68 Å². The van der Waals surface area contributed by atoms with Crippen molar-refractivity contribution in [2.24, 2.45) is 0 Å². The van der Waals surface area contributed by atoms with Crippen LogP contribution in [0.4, 0.5) is 0 Å². The molecule has 0 unspecified atom stereocenters. The quantitative estimate of drug-likeness (QED) is 0.805. The lowest BCUT2D eigenvalue weighted by atomic mass is 10.1. The normalized spacial score (nSPS) is 12.6. The van der Waals surface area contributed by atoms with Gasteiger partial charge in [-0.3, -0.25) is 0 Å². The van der Waals surface area contributed by atoms with Crippen molar-refractivity contribution in [2.75, 3.05) is 6.79 Å². The Morgan fingerprint density at radius 1 is 1.13 bits per heavy atom. The van der Waals surface area contributed by atoms with E-state index in [4.69, 9.17) is 9.47 Å². The van der Waals surface area contributed by atoms with Gasteiger partial charge in [0.25, 0.3) is 0 Å². The van der Waals surface area contributed by atoms with E-state index in [-0.39, 0.29) is 13.4 Å². The van der Waals surface area contributed by atoms with E-state index in [1.165, 1.54) is 0 Å². The van der Waals surface area contributed by atoms with E-state index in [1.807, 2.05) is 49.4 Å². The number of hydrogen-bond acceptors (Lipinski definition) is 5. The maximum Gasteiger partial charge on any atom is 0.231 e. The first kappa shape index (κ1) is 13.8. The number of benzene rings is 2. The molecule has 6 heteroatoms. The van der Waals surface area contributed by atoms with E-state index in [9.17, 15) is 5.11 Å². The molecule has 2 heterocycles. The average Bonchev–Trinajstić information content (AvgIpc) is 3.20. The second kappa shape index (κ2) is 5.40. The minimum atomic E-state index is -0.185. The molecule has 116 valence electrons. The lowest BCUT2D eigenvalue weighted by molar-refractivity contribution is 0.174. The highest BCUT2D eigenvalue weighted by Gasteiger charge is 2.20. The van der Waals surface area contributed by atoms with Crippen molar-refractivity contribution in [3.05, 3.63) is 53.7 Å². The topological polar surface area (TPSA) is 69.4 Å². The third-order valence-electron chi connectivity index (χ3n) is 3.78. The van der Waals surface area contributed by atoms with E-state index < -0.39 is 0 Å². The van der Waals surface area contributed by atoms with Crippen molar-refractivity contribution in [2.45, 2.75) is 13.5 Å². The molecule has 3 aromatic rings. The van der Waals surface area contributed by atoms with Crippen molar-refractivity contribution in [1.29, 1.82) is 0 Å². The third kappa shape index (κ3) is 2.33. The fourth-order valence-electron chi connectivity index (χ4n) is 2.69. The number of hydrogen-bond donors (Lipinski definition) is 1. The first-order valence-corrected chi connectivity index (χ1v) is 7.29. The van der Waals surface area contributed by atoms with Crippen molar-refractivity contribution in [3.63, 3.8) is 0 Å². The molecule has 1 aliphatic heterocycles. The fourth-order valence-corrected chi connectivity index (χ4v) is 2.69. The fraction of sp³-hybridized carbons (Fsp3) is 0.176. The van der Waals surface area contributed by atoms with Crippen LogP contribution in [0.5, 0.6) is 11.5 Å². The van der Waals surface area contributed by atoms with Crippen LogP contribution < -0.4 is 9.47 Å². The highest BCUT2D eigenvalue weighted by atomic mass is 16.7. The maximum atomic E-state index is 9.62. The van der Waals surface area contributed by atoms with Gasteiger partial charge in [0.15, 0.2) is 11.5 Å². The Balaban J connectivity index is 1.89. The molecule has 0 saturated carbocycles. The summed E-state index contributed by atoms with van der Waals surface area (Å²) in [7, 11) is 0. The SMILES string of the molecule is Cc1cccc(-n2nnc(CO)c2-c2ccc3c(c2)OCO3)c1. The Morgan fingerprint density at radius 2 is 2.00 bits per heavy atom. The monoisotopic (exact) mass is 309 g/mol. The summed E-state index contributed by atoms with van der Waals surface area (Å²) in [6.07, 6.45) is 0. The van der Waals surface area contributed by atoms with Gasteiger partial charge in [-0.2, -0.15) is 0 Å². The Morgan fingerprint density at radius 3 is 2.83 bits per heavy atom. The third-order valence-corrected chi connectivity index (χ3v) is 3.78. The zero-order valence-corrected chi connectivity index (χ0v) is 12.6. The summed E-state index contributed by atoms with van der Waals surface area (Å²) in [6.45, 7) is 2.06.